The number of allylic oxidation sites excluding steroid dienone is 4. The second kappa shape index (κ2) is 5.17. The monoisotopic (exact) mass is 152 g/mol. The molecular formula is C11H20. The van der Waals surface area contributed by atoms with E-state index >= 15 is 0 Å². The first-order chi connectivity index (χ1) is 5.07. The summed E-state index contributed by atoms with van der Waals surface area (Å²) in [5, 5.41) is 0. The Morgan fingerprint density at radius 2 is 1.64 bits per heavy atom. The van der Waals surface area contributed by atoms with E-state index in [4.69, 9.17) is 0 Å². The molecule has 0 heteroatoms. The van der Waals surface area contributed by atoms with E-state index in [0.29, 0.717) is 0 Å². The van der Waals surface area contributed by atoms with Crippen molar-refractivity contribution in [3.05, 3.63) is 22.8 Å². The summed E-state index contributed by atoms with van der Waals surface area (Å²) >= 11 is 0. The standard InChI is InChI=1S/C11H20/c1-6-11(10(4)5)8-7-9(2)3/h7H,6,8H2,1-5H3. The summed E-state index contributed by atoms with van der Waals surface area (Å²) in [5.41, 5.74) is 4.47. The lowest BCUT2D eigenvalue weighted by Gasteiger charge is -2.03. The highest BCUT2D eigenvalue weighted by Gasteiger charge is 1.93. The first-order valence-electron chi connectivity index (χ1n) is 4.36. The lowest BCUT2D eigenvalue weighted by molar-refractivity contribution is 0.985. The quantitative estimate of drug-likeness (QED) is 0.534. The maximum absolute atomic E-state index is 2.30. The van der Waals surface area contributed by atoms with Crippen LogP contribution in [0.5, 0.6) is 0 Å². The third-order valence-corrected chi connectivity index (χ3v) is 1.89. The maximum atomic E-state index is 2.30. The van der Waals surface area contributed by atoms with Crippen LogP contribution < -0.4 is 0 Å². The first-order valence-corrected chi connectivity index (χ1v) is 4.36. The van der Waals surface area contributed by atoms with E-state index in [1.807, 2.05) is 0 Å². The molecular weight excluding hydrogens is 132 g/mol. The Balaban J connectivity index is 4.12. The van der Waals surface area contributed by atoms with Gasteiger partial charge in [0.2, 0.25) is 0 Å². The average molecular weight is 152 g/mol. The lowest BCUT2D eigenvalue weighted by Crippen LogP contribution is -1.82. The van der Waals surface area contributed by atoms with E-state index in [9.17, 15) is 0 Å². The molecule has 0 aliphatic carbocycles. The molecule has 64 valence electrons. The largest absolute Gasteiger partial charge is 0.0818 e. The summed E-state index contributed by atoms with van der Waals surface area (Å²) < 4.78 is 0. The second-order valence-corrected chi connectivity index (χ2v) is 3.44. The molecule has 0 nitrogen and oxygen atoms in total. The predicted molar refractivity (Wildman–Crippen MR) is 52.7 cm³/mol. The van der Waals surface area contributed by atoms with Crippen LogP contribution in [0.3, 0.4) is 0 Å². The number of rotatable bonds is 3. The molecule has 0 rings (SSSR count). The molecule has 0 aromatic carbocycles. The molecule has 0 aromatic heterocycles. The summed E-state index contributed by atoms with van der Waals surface area (Å²) in [6.45, 7) is 10.9. The molecule has 0 amide bonds. The molecule has 0 aliphatic heterocycles. The van der Waals surface area contributed by atoms with Crippen molar-refractivity contribution in [1.82, 2.24) is 0 Å². The van der Waals surface area contributed by atoms with Gasteiger partial charge < -0.3 is 0 Å². The molecule has 0 saturated heterocycles. The van der Waals surface area contributed by atoms with E-state index in [2.05, 4.69) is 40.7 Å². The number of hydrogen-bond acceptors (Lipinski definition) is 0. The Morgan fingerprint density at radius 1 is 1.09 bits per heavy atom. The van der Waals surface area contributed by atoms with E-state index in [-0.39, 0.29) is 0 Å². The molecule has 0 saturated carbocycles. The van der Waals surface area contributed by atoms with Crippen molar-refractivity contribution in [1.29, 1.82) is 0 Å². The summed E-state index contributed by atoms with van der Waals surface area (Å²) in [5.74, 6) is 0. The van der Waals surface area contributed by atoms with Crippen molar-refractivity contribution in [2.24, 2.45) is 0 Å². The van der Waals surface area contributed by atoms with Crippen molar-refractivity contribution in [2.75, 3.05) is 0 Å². The average Bonchev–Trinajstić information content (AvgIpc) is 1.87. The topological polar surface area (TPSA) is 0 Å². The van der Waals surface area contributed by atoms with Gasteiger partial charge in [-0.2, -0.15) is 0 Å². The van der Waals surface area contributed by atoms with Gasteiger partial charge in [0.25, 0.3) is 0 Å². The van der Waals surface area contributed by atoms with E-state index in [0.717, 1.165) is 6.42 Å². The van der Waals surface area contributed by atoms with Crippen LogP contribution in [-0.4, -0.2) is 0 Å². The molecule has 0 aromatic rings. The molecule has 0 N–H and O–H groups in total. The fraction of sp³-hybridized carbons (Fsp3) is 0.636. The van der Waals surface area contributed by atoms with Gasteiger partial charge in [-0.05, 0) is 40.5 Å². The van der Waals surface area contributed by atoms with Crippen LogP contribution in [0, 0.1) is 0 Å². The van der Waals surface area contributed by atoms with Crippen molar-refractivity contribution in [3.63, 3.8) is 0 Å². The van der Waals surface area contributed by atoms with Crippen LogP contribution in [0.25, 0.3) is 0 Å². The normalized spacial score (nSPS) is 9.18. The maximum Gasteiger partial charge on any atom is -0.0134 e. The lowest BCUT2D eigenvalue weighted by atomic mass is 10.0. The zero-order chi connectivity index (χ0) is 8.85. The van der Waals surface area contributed by atoms with Crippen LogP contribution >= 0.6 is 0 Å². The Morgan fingerprint density at radius 3 is 1.91 bits per heavy atom. The van der Waals surface area contributed by atoms with Gasteiger partial charge in [0.05, 0.1) is 0 Å². The highest BCUT2D eigenvalue weighted by Crippen LogP contribution is 2.13. The molecule has 0 unspecified atom stereocenters. The molecule has 0 aliphatic rings. The van der Waals surface area contributed by atoms with Gasteiger partial charge >= 0.3 is 0 Å². The zero-order valence-electron chi connectivity index (χ0n) is 8.49. The van der Waals surface area contributed by atoms with Gasteiger partial charge in [-0.1, -0.05) is 29.7 Å². The molecule has 0 bridgehead atoms. The molecule has 0 fully saturated rings. The third-order valence-electron chi connectivity index (χ3n) is 1.89. The fourth-order valence-corrected chi connectivity index (χ4v) is 1.03. The van der Waals surface area contributed by atoms with Gasteiger partial charge in [0.15, 0.2) is 0 Å². The third kappa shape index (κ3) is 4.83. The Hall–Kier alpha value is -0.520. The van der Waals surface area contributed by atoms with Crippen LogP contribution in [0.15, 0.2) is 22.8 Å². The smallest absolute Gasteiger partial charge is 0.0134 e. The minimum Gasteiger partial charge on any atom is -0.0818 e. The number of hydrogen-bond donors (Lipinski definition) is 0. The Bertz CT molecular complexity index is 162. The van der Waals surface area contributed by atoms with E-state index in [1.165, 1.54) is 17.6 Å². The molecule has 0 radical (unpaired) electrons. The molecule has 0 atom stereocenters. The zero-order valence-corrected chi connectivity index (χ0v) is 8.49. The van der Waals surface area contributed by atoms with Crippen molar-refractivity contribution < 1.29 is 0 Å². The minimum atomic E-state index is 1.14. The summed E-state index contributed by atoms with van der Waals surface area (Å²) in [6, 6.07) is 0. The van der Waals surface area contributed by atoms with Crippen LogP contribution in [-0.2, 0) is 0 Å². The molecule has 0 heterocycles. The SMILES string of the molecule is CCC(CC=C(C)C)=C(C)C. The second-order valence-electron chi connectivity index (χ2n) is 3.44. The summed E-state index contributed by atoms with van der Waals surface area (Å²) in [4.78, 5) is 0. The van der Waals surface area contributed by atoms with Gasteiger partial charge in [0, 0.05) is 0 Å². The van der Waals surface area contributed by atoms with E-state index < -0.39 is 0 Å². The van der Waals surface area contributed by atoms with Crippen LogP contribution in [0.4, 0.5) is 0 Å². The van der Waals surface area contributed by atoms with Gasteiger partial charge in [0.1, 0.15) is 0 Å². The van der Waals surface area contributed by atoms with Crippen LogP contribution in [0.2, 0.25) is 0 Å². The van der Waals surface area contributed by atoms with E-state index in [1.54, 1.807) is 5.57 Å². The molecule has 11 heavy (non-hydrogen) atoms. The van der Waals surface area contributed by atoms with Crippen molar-refractivity contribution in [2.45, 2.75) is 47.5 Å². The van der Waals surface area contributed by atoms with Gasteiger partial charge in [-0.25, -0.2) is 0 Å². The summed E-state index contributed by atoms with van der Waals surface area (Å²) in [6.07, 6.45) is 4.62. The Labute approximate surface area is 71.0 Å². The minimum absolute atomic E-state index is 1.14. The highest BCUT2D eigenvalue weighted by atomic mass is 14.0. The van der Waals surface area contributed by atoms with Crippen LogP contribution in [0.1, 0.15) is 47.5 Å². The predicted octanol–water partition coefficient (Wildman–Crippen LogP) is 4.09. The molecule has 0 spiro atoms. The highest BCUT2D eigenvalue weighted by molar-refractivity contribution is 5.14. The van der Waals surface area contributed by atoms with Crippen molar-refractivity contribution >= 4 is 0 Å². The van der Waals surface area contributed by atoms with Crippen molar-refractivity contribution in [3.8, 4) is 0 Å². The first kappa shape index (κ1) is 10.5. The Kier molecular flexibility index (Phi) is 4.93. The van der Waals surface area contributed by atoms with Gasteiger partial charge in [-0.3, -0.25) is 0 Å². The fourth-order valence-electron chi connectivity index (χ4n) is 1.03. The van der Waals surface area contributed by atoms with Gasteiger partial charge in [-0.15, -0.1) is 0 Å². The summed E-state index contributed by atoms with van der Waals surface area (Å²) in [7, 11) is 0.